The summed E-state index contributed by atoms with van der Waals surface area (Å²) in [6.07, 6.45) is -3.29. The zero-order valence-electron chi connectivity index (χ0n) is 8.75. The maximum absolute atomic E-state index is 11.2. The standard InChI is InChI=1S/C11H11NO5/c13-7-4-5-2-1-3-6(8(5)12-7)9(14)10(15)11(16)17/h1-3,9-10,14-15H,4H2,(H,12,13)(H,16,17). The molecule has 1 aromatic carbocycles. The summed E-state index contributed by atoms with van der Waals surface area (Å²) in [5.41, 5.74) is 1.29. The second-order valence-electron chi connectivity index (χ2n) is 3.83. The van der Waals surface area contributed by atoms with Crippen LogP contribution in [-0.4, -0.2) is 33.3 Å². The first-order valence-corrected chi connectivity index (χ1v) is 5.01. The van der Waals surface area contributed by atoms with Crippen LogP contribution in [0.15, 0.2) is 18.2 Å². The molecule has 2 rings (SSSR count). The molecule has 1 heterocycles. The lowest BCUT2D eigenvalue weighted by Gasteiger charge is -2.17. The van der Waals surface area contributed by atoms with Gasteiger partial charge >= 0.3 is 5.97 Å². The number of carboxylic acids is 1. The van der Waals surface area contributed by atoms with Gasteiger partial charge in [0.1, 0.15) is 6.10 Å². The fourth-order valence-corrected chi connectivity index (χ4v) is 1.83. The Kier molecular flexibility index (Phi) is 2.83. The number of aliphatic hydroxyl groups excluding tert-OH is 2. The van der Waals surface area contributed by atoms with Crippen LogP contribution in [0.2, 0.25) is 0 Å². The van der Waals surface area contributed by atoms with E-state index in [2.05, 4.69) is 5.32 Å². The number of para-hydroxylation sites is 1. The predicted octanol–water partition coefficient (Wildman–Crippen LogP) is -0.340. The minimum Gasteiger partial charge on any atom is -0.479 e. The number of carboxylic acid groups (broad SMARTS) is 1. The first-order chi connectivity index (χ1) is 8.00. The molecular formula is C11H11NO5. The van der Waals surface area contributed by atoms with Crippen molar-refractivity contribution in [3.63, 3.8) is 0 Å². The van der Waals surface area contributed by atoms with E-state index in [1.807, 2.05) is 0 Å². The van der Waals surface area contributed by atoms with E-state index in [9.17, 15) is 19.8 Å². The molecule has 6 heteroatoms. The molecule has 0 aliphatic carbocycles. The van der Waals surface area contributed by atoms with Gasteiger partial charge in [-0.05, 0) is 5.56 Å². The van der Waals surface area contributed by atoms with Crippen LogP contribution in [0.4, 0.5) is 5.69 Å². The lowest BCUT2D eigenvalue weighted by molar-refractivity contribution is -0.153. The first-order valence-electron chi connectivity index (χ1n) is 5.01. The summed E-state index contributed by atoms with van der Waals surface area (Å²) < 4.78 is 0. The summed E-state index contributed by atoms with van der Waals surface area (Å²) in [6.45, 7) is 0. The van der Waals surface area contributed by atoms with Gasteiger partial charge in [-0.25, -0.2) is 4.79 Å². The van der Waals surface area contributed by atoms with Gasteiger partial charge in [0.05, 0.1) is 12.1 Å². The number of carbonyl (C=O) groups excluding carboxylic acids is 1. The lowest BCUT2D eigenvalue weighted by atomic mass is 9.99. The molecule has 0 saturated heterocycles. The molecule has 0 aromatic heterocycles. The maximum Gasteiger partial charge on any atom is 0.335 e. The van der Waals surface area contributed by atoms with Gasteiger partial charge in [-0.2, -0.15) is 0 Å². The molecule has 0 bridgehead atoms. The van der Waals surface area contributed by atoms with Crippen molar-refractivity contribution < 1.29 is 24.9 Å². The third-order valence-corrected chi connectivity index (χ3v) is 2.67. The SMILES string of the molecule is O=C1Cc2cccc(C(O)C(O)C(=O)O)c2N1. The quantitative estimate of drug-likeness (QED) is 0.575. The predicted molar refractivity (Wildman–Crippen MR) is 57.4 cm³/mol. The number of aliphatic hydroxyl groups is 2. The van der Waals surface area contributed by atoms with Gasteiger partial charge in [0.25, 0.3) is 0 Å². The number of amides is 1. The van der Waals surface area contributed by atoms with Crippen LogP contribution in [0.3, 0.4) is 0 Å². The fourth-order valence-electron chi connectivity index (χ4n) is 1.83. The van der Waals surface area contributed by atoms with E-state index in [0.29, 0.717) is 11.3 Å². The largest absolute Gasteiger partial charge is 0.479 e. The second kappa shape index (κ2) is 4.15. The van der Waals surface area contributed by atoms with Crippen LogP contribution in [-0.2, 0) is 16.0 Å². The first kappa shape index (κ1) is 11.6. The molecule has 0 radical (unpaired) electrons. The number of hydrogen-bond acceptors (Lipinski definition) is 4. The van der Waals surface area contributed by atoms with Crippen molar-refractivity contribution in [1.29, 1.82) is 0 Å². The van der Waals surface area contributed by atoms with Gasteiger partial charge in [0, 0.05) is 5.56 Å². The Balaban J connectivity index is 2.38. The molecule has 90 valence electrons. The van der Waals surface area contributed by atoms with Gasteiger partial charge in [0.2, 0.25) is 5.91 Å². The van der Waals surface area contributed by atoms with E-state index in [0.717, 1.165) is 0 Å². The molecule has 0 spiro atoms. The Morgan fingerprint density at radius 3 is 2.71 bits per heavy atom. The summed E-state index contributed by atoms with van der Waals surface area (Å²) in [4.78, 5) is 21.8. The Bertz CT molecular complexity index is 485. The Labute approximate surface area is 96.5 Å². The molecule has 2 unspecified atom stereocenters. The summed E-state index contributed by atoms with van der Waals surface area (Å²) in [7, 11) is 0. The highest BCUT2D eigenvalue weighted by Crippen LogP contribution is 2.32. The molecule has 1 aliphatic heterocycles. The van der Waals surface area contributed by atoms with E-state index in [1.165, 1.54) is 6.07 Å². The minimum atomic E-state index is -1.92. The van der Waals surface area contributed by atoms with Crippen LogP contribution in [0.5, 0.6) is 0 Å². The highest BCUT2D eigenvalue weighted by Gasteiger charge is 2.30. The number of carbonyl (C=O) groups is 2. The van der Waals surface area contributed by atoms with Crippen molar-refractivity contribution in [2.45, 2.75) is 18.6 Å². The number of hydrogen-bond donors (Lipinski definition) is 4. The monoisotopic (exact) mass is 237 g/mol. The summed E-state index contributed by atoms with van der Waals surface area (Å²) >= 11 is 0. The van der Waals surface area contributed by atoms with Gasteiger partial charge < -0.3 is 20.6 Å². The molecule has 6 nitrogen and oxygen atoms in total. The van der Waals surface area contributed by atoms with Gasteiger partial charge in [-0.15, -0.1) is 0 Å². The number of aliphatic carboxylic acids is 1. The Morgan fingerprint density at radius 2 is 2.06 bits per heavy atom. The Morgan fingerprint density at radius 1 is 1.35 bits per heavy atom. The third kappa shape index (κ3) is 2.00. The molecule has 0 saturated carbocycles. The average molecular weight is 237 g/mol. The van der Waals surface area contributed by atoms with Crippen LogP contribution in [0.1, 0.15) is 17.2 Å². The summed E-state index contributed by atoms with van der Waals surface area (Å²) in [6, 6.07) is 4.78. The zero-order valence-corrected chi connectivity index (χ0v) is 8.75. The molecular weight excluding hydrogens is 226 g/mol. The molecule has 1 aliphatic rings. The minimum absolute atomic E-state index is 0.194. The average Bonchev–Trinajstić information content (AvgIpc) is 2.66. The van der Waals surface area contributed by atoms with Crippen LogP contribution in [0.25, 0.3) is 0 Å². The van der Waals surface area contributed by atoms with Gasteiger partial charge in [-0.1, -0.05) is 18.2 Å². The topological polar surface area (TPSA) is 107 Å². The summed E-state index contributed by atoms with van der Waals surface area (Å²) in [5.74, 6) is -1.73. The molecule has 1 amide bonds. The molecule has 2 atom stereocenters. The van der Waals surface area contributed by atoms with Gasteiger partial charge in [0.15, 0.2) is 6.10 Å². The highest BCUT2D eigenvalue weighted by atomic mass is 16.4. The smallest absolute Gasteiger partial charge is 0.335 e. The number of nitrogens with one attached hydrogen (secondary N) is 1. The summed E-state index contributed by atoms with van der Waals surface area (Å²) in [5, 5.41) is 30.2. The third-order valence-electron chi connectivity index (χ3n) is 2.67. The van der Waals surface area contributed by atoms with Crippen LogP contribution >= 0.6 is 0 Å². The van der Waals surface area contributed by atoms with E-state index in [1.54, 1.807) is 12.1 Å². The van der Waals surface area contributed by atoms with E-state index >= 15 is 0 Å². The van der Waals surface area contributed by atoms with E-state index in [4.69, 9.17) is 5.11 Å². The van der Waals surface area contributed by atoms with E-state index < -0.39 is 18.2 Å². The molecule has 17 heavy (non-hydrogen) atoms. The lowest BCUT2D eigenvalue weighted by Crippen LogP contribution is -2.28. The van der Waals surface area contributed by atoms with Crippen molar-refractivity contribution in [3.05, 3.63) is 29.3 Å². The number of fused-ring (bicyclic) bond motifs is 1. The van der Waals surface area contributed by atoms with E-state index in [-0.39, 0.29) is 17.9 Å². The number of anilines is 1. The molecule has 0 fully saturated rings. The molecule has 4 N–H and O–H groups in total. The number of rotatable bonds is 3. The maximum atomic E-state index is 11.2. The Hall–Kier alpha value is -1.92. The van der Waals surface area contributed by atoms with Crippen molar-refractivity contribution in [3.8, 4) is 0 Å². The van der Waals surface area contributed by atoms with Crippen molar-refractivity contribution >= 4 is 17.6 Å². The second-order valence-corrected chi connectivity index (χ2v) is 3.83. The van der Waals surface area contributed by atoms with Crippen LogP contribution < -0.4 is 5.32 Å². The highest BCUT2D eigenvalue weighted by molar-refractivity contribution is 6.00. The van der Waals surface area contributed by atoms with Crippen molar-refractivity contribution in [2.75, 3.05) is 5.32 Å². The zero-order chi connectivity index (χ0) is 12.6. The van der Waals surface area contributed by atoms with Crippen molar-refractivity contribution in [1.82, 2.24) is 0 Å². The molecule has 1 aromatic rings. The van der Waals surface area contributed by atoms with Crippen LogP contribution in [0, 0.1) is 0 Å². The van der Waals surface area contributed by atoms with Gasteiger partial charge in [-0.3, -0.25) is 4.79 Å². The normalized spacial score (nSPS) is 17.2. The van der Waals surface area contributed by atoms with Crippen molar-refractivity contribution in [2.24, 2.45) is 0 Å². The number of benzene rings is 1. The fraction of sp³-hybridized carbons (Fsp3) is 0.273.